The zero-order valence-corrected chi connectivity index (χ0v) is 39.4. The molecule has 10 saturated heterocycles. The Morgan fingerprint density at radius 2 is 0.982 bits per heavy atom. The van der Waals surface area contributed by atoms with Crippen LogP contribution < -0.4 is 0 Å². The van der Waals surface area contributed by atoms with E-state index in [4.69, 9.17) is 85.0 Å². The second kappa shape index (κ2) is 19.0. The van der Waals surface area contributed by atoms with Gasteiger partial charge < -0.3 is 43.2 Å². The van der Waals surface area contributed by atoms with Crippen LogP contribution in [0.1, 0.15) is 101 Å². The Hall–Kier alpha value is 1.04. The van der Waals surface area contributed by atoms with Crippen molar-refractivity contribution in [1.82, 2.24) is 0 Å². The summed E-state index contributed by atoms with van der Waals surface area (Å²) in [5, 5.41) is 5.01. The summed E-state index contributed by atoms with van der Waals surface area (Å²) in [7, 11) is 34.8. The molecule has 0 spiro atoms. The van der Waals surface area contributed by atoms with Gasteiger partial charge in [-0.2, -0.15) is 11.8 Å². The Balaban J connectivity index is 0.000000135. The molecule has 10 rings (SSSR count). The zero-order valence-electron chi connectivity index (χ0n) is 35.9. The van der Waals surface area contributed by atoms with Gasteiger partial charge >= 0.3 is 0 Å². The van der Waals surface area contributed by atoms with Gasteiger partial charge in [-0.1, -0.05) is 62.3 Å². The quantitative estimate of drug-likeness (QED) is 0.376. The van der Waals surface area contributed by atoms with Crippen molar-refractivity contribution in [2.24, 2.45) is 23.7 Å². The minimum absolute atomic E-state index is 0. The van der Waals surface area contributed by atoms with Gasteiger partial charge in [0.15, 0.2) is 0 Å². The number of fused-ring (bicyclic) bond motifs is 10. The van der Waals surface area contributed by atoms with E-state index in [0.29, 0.717) is 28.9 Å². The molecule has 10 aliphatic heterocycles. The van der Waals surface area contributed by atoms with Crippen LogP contribution >= 0.6 is 11.8 Å². The van der Waals surface area contributed by atoms with Gasteiger partial charge in [-0.15, -0.1) is 12.6 Å². The third-order valence-corrected chi connectivity index (χ3v) is 17.4. The maximum Gasteiger partial charge on any atom is 0.112 e. The first-order chi connectivity index (χ1) is 26.5. The molecule has 20 atom stereocenters. The molecule has 0 aromatic heterocycles. The fourth-order valence-corrected chi connectivity index (χ4v) is 12.8. The van der Waals surface area contributed by atoms with Crippen LogP contribution in [-0.2, 0) is 58.3 Å². The number of morpholine rings is 1. The largest absolute Gasteiger partial charge is 0.655 e. The van der Waals surface area contributed by atoms with Crippen molar-refractivity contribution in [3.05, 3.63) is 5.32 Å². The van der Waals surface area contributed by atoms with Crippen molar-refractivity contribution < 1.29 is 58.3 Å². The molecule has 0 amide bonds. The molecular formula is C40H64B6NO8ReS-. The van der Waals surface area contributed by atoms with Gasteiger partial charge in [-0.05, 0) is 56.2 Å². The van der Waals surface area contributed by atoms with Crippen LogP contribution in [0.3, 0.4) is 0 Å². The van der Waals surface area contributed by atoms with Gasteiger partial charge in [-0.25, -0.2) is 0 Å². The van der Waals surface area contributed by atoms with Crippen LogP contribution in [0.15, 0.2) is 0 Å². The predicted octanol–water partition coefficient (Wildman–Crippen LogP) is 4.26. The second-order valence-electron chi connectivity index (χ2n) is 17.9. The number of hydrogen-bond donors (Lipinski definition) is 0. The van der Waals surface area contributed by atoms with E-state index in [2.05, 4.69) is 67.6 Å². The fraction of sp³-hybridized carbons (Fsp3) is 1.00. The Morgan fingerprint density at radius 1 is 0.526 bits per heavy atom. The summed E-state index contributed by atoms with van der Waals surface area (Å²) >= 11 is 1.98. The molecule has 13 radical (unpaired) electrons. The monoisotopic (exact) mass is 971 g/mol. The molecule has 10 bridgehead atoms. The Bertz CT molecular complexity index is 1190. The molecular weight excluding hydrogens is 906 g/mol. The van der Waals surface area contributed by atoms with Crippen LogP contribution in [0.2, 0.25) is 5.82 Å². The van der Waals surface area contributed by atoms with Gasteiger partial charge in [0.05, 0.1) is 61.8 Å². The van der Waals surface area contributed by atoms with Gasteiger partial charge in [0.25, 0.3) is 0 Å². The van der Waals surface area contributed by atoms with E-state index in [1.807, 2.05) is 11.8 Å². The van der Waals surface area contributed by atoms with Gasteiger partial charge in [0.1, 0.15) is 39.2 Å². The average molecular weight is 970 g/mol. The summed E-state index contributed by atoms with van der Waals surface area (Å²) in [5.74, 6) is 3.18. The molecule has 17 heteroatoms. The van der Waals surface area contributed by atoms with E-state index in [1.165, 1.54) is 0 Å². The summed E-state index contributed by atoms with van der Waals surface area (Å²) in [6, 6.07) is -0.614. The number of hydrogen-bond acceptors (Lipinski definition) is 9. The summed E-state index contributed by atoms with van der Waals surface area (Å²) in [6.45, 7) is 22.5. The van der Waals surface area contributed by atoms with Crippen molar-refractivity contribution in [1.29, 1.82) is 0 Å². The first kappa shape index (κ1) is 49.1. The molecule has 0 aromatic carbocycles. The summed E-state index contributed by atoms with van der Waals surface area (Å²) < 4.78 is 44.9. The number of rotatable bonds is 5. The molecule has 5 unspecified atom stereocenters. The number of nitrogens with zero attached hydrogens (tertiary/aromatic N) is 1. The molecule has 309 valence electrons. The second-order valence-corrected chi connectivity index (χ2v) is 19.1. The molecule has 10 aliphatic rings. The van der Waals surface area contributed by atoms with E-state index in [9.17, 15) is 0 Å². The summed E-state index contributed by atoms with van der Waals surface area (Å²) in [4.78, 5) is 0. The van der Waals surface area contributed by atoms with Gasteiger partial charge in [0, 0.05) is 85.5 Å². The standard InChI is InChI=1S/C8H12B2O2.C8H13BNO.2C8H13BO2.C8H13BOS.Re/c1-2-8-3-4-11-5(6(8)9)7(10)12-8;3*1-3-8-4-10-6(5(8)2)7(9)11-8;1-3-8-4-11-6(5(8)2)7(9)10-8;/h5-7H,2-4H2,1H3;4*5-7H,3-4H2,1-2H3;/q;-1;;;;/t5?,6-,7-,8+;5-,6?,7-,8+;5-,6?,7+,8+;2*5-,6?,7-,8+;/m11011./s1. The van der Waals surface area contributed by atoms with E-state index in [0.717, 1.165) is 70.6 Å². The molecule has 57 heavy (non-hydrogen) atoms. The van der Waals surface area contributed by atoms with E-state index >= 15 is 0 Å². The van der Waals surface area contributed by atoms with E-state index in [1.54, 1.807) is 0 Å². The van der Waals surface area contributed by atoms with Crippen molar-refractivity contribution in [2.75, 3.05) is 32.1 Å². The number of ether oxygens (including phenoxy) is 8. The third-order valence-electron chi connectivity index (χ3n) is 15.7. The van der Waals surface area contributed by atoms with Gasteiger partial charge in [0.2, 0.25) is 0 Å². The maximum absolute atomic E-state index is 5.99. The molecule has 0 aliphatic carbocycles. The minimum atomic E-state index is -0.331. The molecule has 0 aromatic rings. The first-order valence-corrected chi connectivity index (χ1v) is 22.6. The minimum Gasteiger partial charge on any atom is -0.655 e. The summed E-state index contributed by atoms with van der Waals surface area (Å²) in [5.41, 5.74) is -0.227. The Kier molecular flexibility index (Phi) is 16.4. The molecule has 9 nitrogen and oxygen atoms in total. The van der Waals surface area contributed by atoms with Gasteiger partial charge in [-0.3, -0.25) is 0 Å². The molecule has 10 heterocycles. The Morgan fingerprint density at radius 3 is 1.26 bits per heavy atom. The van der Waals surface area contributed by atoms with Crippen LogP contribution in [0.5, 0.6) is 0 Å². The van der Waals surface area contributed by atoms with Crippen LogP contribution in [0.25, 0.3) is 5.32 Å². The molecule has 10 fully saturated rings. The third kappa shape index (κ3) is 8.57. The van der Waals surface area contributed by atoms with Crippen molar-refractivity contribution in [3.8, 4) is 0 Å². The smallest absolute Gasteiger partial charge is 0.112 e. The maximum atomic E-state index is 5.99. The molecule has 0 N–H and O–H groups in total. The average Bonchev–Trinajstić information content (AvgIpc) is 4.07. The van der Waals surface area contributed by atoms with Crippen LogP contribution in [0, 0.1) is 23.7 Å². The van der Waals surface area contributed by atoms with Crippen LogP contribution in [0.4, 0.5) is 0 Å². The number of thioether (sulfide) groups is 1. The zero-order chi connectivity index (χ0) is 41.0. The van der Waals surface area contributed by atoms with Crippen molar-refractivity contribution in [3.63, 3.8) is 0 Å². The Labute approximate surface area is 370 Å². The molecule has 0 saturated carbocycles. The van der Waals surface area contributed by atoms with Crippen LogP contribution in [-0.4, -0.2) is 167 Å². The van der Waals surface area contributed by atoms with E-state index < -0.39 is 0 Å². The normalized spacial score (nSPS) is 53.7. The SMILES string of the molecule is [B][C@@H]1O[C@@]2(CC)CCOC1[C@H]2[B].[B][C@@H]1O[C@@]2(CC)COC1[C@H]2C.[B][C@@H]1O[C@@]2(CC)CSC1[C@H]2C.[B][C@@H]1O[C@@]2(CC)C[N-]C1[C@H]2C.[B][C@@H]1O[C@]2(CC)COC1[C@@H]2C.[Re]. The van der Waals surface area contributed by atoms with Crippen molar-refractivity contribution >= 4 is 58.8 Å². The van der Waals surface area contributed by atoms with E-state index in [-0.39, 0.29) is 109 Å². The fourth-order valence-electron chi connectivity index (χ4n) is 11.0. The topological polar surface area (TPSA) is 87.9 Å². The van der Waals surface area contributed by atoms with Crippen molar-refractivity contribution in [2.45, 2.75) is 194 Å². The predicted molar refractivity (Wildman–Crippen MR) is 227 cm³/mol. The first-order valence-electron chi connectivity index (χ1n) is 21.5. The summed E-state index contributed by atoms with van der Waals surface area (Å²) in [6.07, 6.45) is 6.09.